The molecule has 5 aromatic rings. The lowest BCUT2D eigenvalue weighted by Crippen LogP contribution is -2.17. The summed E-state index contributed by atoms with van der Waals surface area (Å²) in [7, 11) is -3.84. The van der Waals surface area contributed by atoms with Crippen molar-refractivity contribution in [2.24, 2.45) is 0 Å². The quantitative estimate of drug-likeness (QED) is 0.0982. The summed E-state index contributed by atoms with van der Waals surface area (Å²) in [6.45, 7) is 2.34. The number of carboxylic acids is 1. The van der Waals surface area contributed by atoms with Gasteiger partial charge in [0.25, 0.3) is 5.91 Å². The summed E-state index contributed by atoms with van der Waals surface area (Å²) in [4.78, 5) is 24.3. The molecule has 47 heavy (non-hydrogen) atoms. The minimum absolute atomic E-state index is 0.0460. The zero-order valence-electron chi connectivity index (χ0n) is 25.6. The topological polar surface area (TPSA) is 142 Å². The van der Waals surface area contributed by atoms with Gasteiger partial charge in [-0.2, -0.15) is 0 Å². The summed E-state index contributed by atoms with van der Waals surface area (Å²) in [6, 6.07) is 32.7. The maximum Gasteiger partial charge on any atom is 0.335 e. The molecule has 240 valence electrons. The van der Waals surface area contributed by atoms with Crippen LogP contribution in [0.2, 0.25) is 0 Å². The first-order valence-corrected chi connectivity index (χ1v) is 16.6. The molecular weight excluding hydrogens is 616 g/mol. The number of rotatable bonds is 13. The second-order valence-electron chi connectivity index (χ2n) is 11.0. The number of benzene rings is 5. The Morgan fingerprint density at radius 2 is 1.49 bits per heavy atom. The van der Waals surface area contributed by atoms with E-state index in [2.05, 4.69) is 10.0 Å². The van der Waals surface area contributed by atoms with E-state index in [1.165, 1.54) is 12.1 Å². The molecule has 0 aliphatic heterocycles. The Labute approximate surface area is 273 Å². The van der Waals surface area contributed by atoms with Crippen LogP contribution in [0, 0.1) is 6.92 Å². The van der Waals surface area contributed by atoms with Gasteiger partial charge in [-0.3, -0.25) is 9.52 Å². The smallest absolute Gasteiger partial charge is 0.335 e. The van der Waals surface area contributed by atoms with Crippen LogP contribution in [-0.2, 0) is 22.2 Å². The second-order valence-corrected chi connectivity index (χ2v) is 12.8. The van der Waals surface area contributed by atoms with Crippen molar-refractivity contribution in [3.63, 3.8) is 0 Å². The zero-order chi connectivity index (χ0) is 33.4. The largest absolute Gasteiger partial charge is 0.508 e. The van der Waals surface area contributed by atoms with Crippen molar-refractivity contribution < 1.29 is 33.0 Å². The number of nitrogens with one attached hydrogen (secondary N) is 2. The van der Waals surface area contributed by atoms with Gasteiger partial charge >= 0.3 is 5.97 Å². The predicted molar refractivity (Wildman–Crippen MR) is 183 cm³/mol. The summed E-state index contributed by atoms with van der Waals surface area (Å²) in [6.07, 6.45) is 1.33. The molecule has 0 heterocycles. The SMILES string of the molecule is Cc1cc(NC(=O)c2ccc(-c3ccc(O)cc3)cc2)ccc1OCCCc1cccc(NS(=O)(=O)Cc2ccccc2C(=O)O)c1. The first-order valence-electron chi connectivity index (χ1n) is 14.9. The van der Waals surface area contributed by atoms with Crippen LogP contribution < -0.4 is 14.8 Å². The maximum absolute atomic E-state index is 12.8. The van der Waals surface area contributed by atoms with Crippen LogP contribution in [0.3, 0.4) is 0 Å². The number of carbonyl (C=O) groups excluding carboxylic acids is 1. The molecule has 10 heteroatoms. The number of phenolic OH excluding ortho intramolecular Hbond substituents is 1. The van der Waals surface area contributed by atoms with Gasteiger partial charge in [-0.15, -0.1) is 0 Å². The van der Waals surface area contributed by atoms with E-state index in [0.29, 0.717) is 42.1 Å². The van der Waals surface area contributed by atoms with Crippen molar-refractivity contribution in [2.75, 3.05) is 16.6 Å². The normalized spacial score (nSPS) is 11.1. The third-order valence-electron chi connectivity index (χ3n) is 7.44. The number of ether oxygens (including phenoxy) is 1. The van der Waals surface area contributed by atoms with Crippen molar-refractivity contribution in [3.8, 4) is 22.6 Å². The van der Waals surface area contributed by atoms with Gasteiger partial charge in [-0.05, 0) is 108 Å². The van der Waals surface area contributed by atoms with Crippen LogP contribution in [0.15, 0.2) is 115 Å². The summed E-state index contributed by atoms with van der Waals surface area (Å²) in [5.41, 5.74) is 5.40. The number of sulfonamides is 1. The Kier molecular flexibility index (Phi) is 10.2. The van der Waals surface area contributed by atoms with Crippen molar-refractivity contribution in [3.05, 3.63) is 143 Å². The lowest BCUT2D eigenvalue weighted by atomic mass is 10.0. The van der Waals surface area contributed by atoms with E-state index >= 15 is 0 Å². The van der Waals surface area contributed by atoms with Crippen molar-refractivity contribution in [1.82, 2.24) is 0 Å². The van der Waals surface area contributed by atoms with E-state index in [9.17, 15) is 28.2 Å². The number of aromatic carboxylic acids is 1. The molecule has 0 spiro atoms. The van der Waals surface area contributed by atoms with Crippen molar-refractivity contribution in [2.45, 2.75) is 25.5 Å². The molecule has 5 rings (SSSR count). The van der Waals surface area contributed by atoms with Crippen LogP contribution in [0.5, 0.6) is 11.5 Å². The zero-order valence-corrected chi connectivity index (χ0v) is 26.5. The van der Waals surface area contributed by atoms with Crippen LogP contribution in [-0.4, -0.2) is 37.1 Å². The lowest BCUT2D eigenvalue weighted by molar-refractivity contribution is 0.0695. The van der Waals surface area contributed by atoms with Crippen LogP contribution in [0.4, 0.5) is 11.4 Å². The average Bonchev–Trinajstić information content (AvgIpc) is 3.04. The van der Waals surface area contributed by atoms with E-state index in [4.69, 9.17) is 4.74 Å². The fourth-order valence-electron chi connectivity index (χ4n) is 5.08. The molecule has 0 aromatic heterocycles. The summed E-state index contributed by atoms with van der Waals surface area (Å²) < 4.78 is 34.1. The van der Waals surface area contributed by atoms with E-state index < -0.39 is 21.7 Å². The highest BCUT2D eigenvalue weighted by Crippen LogP contribution is 2.25. The molecule has 9 nitrogen and oxygen atoms in total. The standard InChI is InChI=1S/C37H34N2O7S/c1-25-22-31(38-36(41)29-13-11-27(12-14-29)28-15-18-33(40)19-16-28)17-20-35(25)46-21-5-7-26-6-4-9-32(23-26)39-47(44,45)24-30-8-2-3-10-34(30)37(42)43/h2-4,6,8-20,22-23,39-40H,5,7,21,24H2,1H3,(H,38,41)(H,42,43). The lowest BCUT2D eigenvalue weighted by Gasteiger charge is -2.13. The molecule has 0 saturated carbocycles. The molecule has 0 bridgehead atoms. The Morgan fingerprint density at radius 3 is 2.19 bits per heavy atom. The first kappa shape index (κ1) is 32.8. The Hall–Kier alpha value is -5.61. The Bertz CT molecular complexity index is 1990. The highest BCUT2D eigenvalue weighted by atomic mass is 32.2. The number of carbonyl (C=O) groups is 2. The van der Waals surface area contributed by atoms with E-state index in [0.717, 1.165) is 22.3 Å². The van der Waals surface area contributed by atoms with Gasteiger partial charge in [0.15, 0.2) is 0 Å². The third kappa shape index (κ3) is 8.99. The highest BCUT2D eigenvalue weighted by molar-refractivity contribution is 7.91. The number of carboxylic acid groups (broad SMARTS) is 1. The Morgan fingerprint density at radius 1 is 0.787 bits per heavy atom. The van der Waals surface area contributed by atoms with E-state index in [1.54, 1.807) is 60.7 Å². The molecule has 1 amide bonds. The molecule has 0 fully saturated rings. The second kappa shape index (κ2) is 14.7. The minimum atomic E-state index is -3.84. The van der Waals surface area contributed by atoms with Gasteiger partial charge in [-0.25, -0.2) is 13.2 Å². The summed E-state index contributed by atoms with van der Waals surface area (Å²) in [5.74, 6) is -0.966. The van der Waals surface area contributed by atoms with Gasteiger partial charge in [-0.1, -0.05) is 54.6 Å². The molecule has 0 aliphatic carbocycles. The summed E-state index contributed by atoms with van der Waals surface area (Å²) >= 11 is 0. The van der Waals surface area contributed by atoms with Crippen molar-refractivity contribution >= 4 is 33.3 Å². The molecule has 0 unspecified atom stereocenters. The number of hydrogen-bond acceptors (Lipinski definition) is 6. The van der Waals surface area contributed by atoms with Crippen LogP contribution >= 0.6 is 0 Å². The molecular formula is C37H34N2O7S. The third-order valence-corrected chi connectivity index (χ3v) is 8.68. The molecule has 0 radical (unpaired) electrons. The maximum atomic E-state index is 12.8. The van der Waals surface area contributed by atoms with Gasteiger partial charge in [0.1, 0.15) is 11.5 Å². The first-order chi connectivity index (χ1) is 22.6. The molecule has 4 N–H and O–H groups in total. The number of aryl methyl sites for hydroxylation is 2. The minimum Gasteiger partial charge on any atom is -0.508 e. The molecule has 0 aliphatic rings. The molecule has 0 atom stereocenters. The number of phenols is 1. The predicted octanol–water partition coefficient (Wildman–Crippen LogP) is 7.27. The fraction of sp³-hybridized carbons (Fsp3) is 0.135. The Balaban J connectivity index is 1.10. The number of hydrogen-bond donors (Lipinski definition) is 4. The monoisotopic (exact) mass is 650 g/mol. The number of amides is 1. The summed E-state index contributed by atoms with van der Waals surface area (Å²) in [5, 5.41) is 21.8. The number of anilines is 2. The van der Waals surface area contributed by atoms with E-state index in [-0.39, 0.29) is 22.8 Å². The highest BCUT2D eigenvalue weighted by Gasteiger charge is 2.17. The van der Waals surface area contributed by atoms with Crippen LogP contribution in [0.25, 0.3) is 11.1 Å². The van der Waals surface area contributed by atoms with Crippen LogP contribution in [0.1, 0.15) is 43.8 Å². The van der Waals surface area contributed by atoms with Gasteiger partial charge in [0.2, 0.25) is 10.0 Å². The fourth-order valence-corrected chi connectivity index (χ4v) is 6.30. The van der Waals surface area contributed by atoms with Crippen molar-refractivity contribution in [1.29, 1.82) is 0 Å². The molecule has 5 aromatic carbocycles. The molecule has 0 saturated heterocycles. The van der Waals surface area contributed by atoms with E-state index in [1.807, 2.05) is 49.4 Å². The van der Waals surface area contributed by atoms with Gasteiger partial charge in [0.05, 0.1) is 17.9 Å². The van der Waals surface area contributed by atoms with Gasteiger partial charge in [0, 0.05) is 16.9 Å². The average molecular weight is 651 g/mol. The number of aromatic hydroxyl groups is 1. The van der Waals surface area contributed by atoms with Gasteiger partial charge < -0.3 is 20.3 Å².